The Balaban J connectivity index is 3.23. The number of rotatable bonds is 10. The predicted molar refractivity (Wildman–Crippen MR) is 70.6 cm³/mol. The predicted octanol–water partition coefficient (Wildman–Crippen LogP) is 1.36. The Morgan fingerprint density at radius 1 is 1.06 bits per heavy atom. The highest BCUT2D eigenvalue weighted by atomic mass is 16.6. The average Bonchev–Trinajstić information content (AvgIpc) is 2.24. The summed E-state index contributed by atoms with van der Waals surface area (Å²) in [4.78, 5) is 11.4. The molecule has 0 aromatic carbocycles. The van der Waals surface area contributed by atoms with Crippen LogP contribution in [0.4, 0.5) is 0 Å². The lowest BCUT2D eigenvalue weighted by Gasteiger charge is -2.19. The number of ether oxygens (including phenoxy) is 3. The zero-order valence-corrected chi connectivity index (χ0v) is 12.1. The molecule has 1 N–H and O–H groups in total. The van der Waals surface area contributed by atoms with E-state index in [-0.39, 0.29) is 5.97 Å². The average molecular weight is 261 g/mol. The van der Waals surface area contributed by atoms with Crippen LogP contribution in [0.2, 0.25) is 0 Å². The summed E-state index contributed by atoms with van der Waals surface area (Å²) in [6.45, 7) is 8.86. The third-order valence-electron chi connectivity index (χ3n) is 1.96. The van der Waals surface area contributed by atoms with Crippen LogP contribution < -0.4 is 5.32 Å². The van der Waals surface area contributed by atoms with Crippen molar-refractivity contribution in [2.75, 3.05) is 40.0 Å². The molecule has 0 aromatic rings. The summed E-state index contributed by atoms with van der Waals surface area (Å²) in [5.41, 5.74) is -0.404. The molecule has 0 aliphatic carbocycles. The fourth-order valence-electron chi connectivity index (χ4n) is 1.21. The van der Waals surface area contributed by atoms with Gasteiger partial charge in [-0.2, -0.15) is 0 Å². The third-order valence-corrected chi connectivity index (χ3v) is 1.96. The van der Waals surface area contributed by atoms with Crippen molar-refractivity contribution in [1.82, 2.24) is 5.32 Å². The van der Waals surface area contributed by atoms with Crippen LogP contribution in [0.3, 0.4) is 0 Å². The van der Waals surface area contributed by atoms with Gasteiger partial charge in [0, 0.05) is 19.6 Å². The molecule has 0 fully saturated rings. The van der Waals surface area contributed by atoms with E-state index in [0.29, 0.717) is 39.3 Å². The first-order chi connectivity index (χ1) is 8.45. The fourth-order valence-corrected chi connectivity index (χ4v) is 1.21. The molecule has 18 heavy (non-hydrogen) atoms. The van der Waals surface area contributed by atoms with Gasteiger partial charge in [-0.3, -0.25) is 4.79 Å². The number of nitrogens with one attached hydrogen (secondary N) is 1. The second-order valence-electron chi connectivity index (χ2n) is 5.02. The lowest BCUT2D eigenvalue weighted by atomic mass is 10.2. The first-order valence-corrected chi connectivity index (χ1v) is 6.47. The van der Waals surface area contributed by atoms with E-state index in [2.05, 4.69) is 5.32 Å². The molecule has 0 unspecified atom stereocenters. The summed E-state index contributed by atoms with van der Waals surface area (Å²) in [7, 11) is 1.89. The van der Waals surface area contributed by atoms with Crippen LogP contribution in [-0.2, 0) is 19.0 Å². The van der Waals surface area contributed by atoms with E-state index in [0.717, 1.165) is 6.54 Å². The summed E-state index contributed by atoms with van der Waals surface area (Å²) < 4.78 is 15.8. The Hall–Kier alpha value is -0.650. The minimum atomic E-state index is -0.404. The molecule has 0 aliphatic heterocycles. The first kappa shape index (κ1) is 17.4. The second-order valence-corrected chi connectivity index (χ2v) is 5.02. The van der Waals surface area contributed by atoms with Crippen LogP contribution in [-0.4, -0.2) is 51.6 Å². The highest BCUT2D eigenvalue weighted by Gasteiger charge is 2.15. The van der Waals surface area contributed by atoms with Gasteiger partial charge in [-0.15, -0.1) is 0 Å². The van der Waals surface area contributed by atoms with Crippen molar-refractivity contribution >= 4 is 5.97 Å². The minimum Gasteiger partial charge on any atom is -0.460 e. The molecular weight excluding hydrogens is 234 g/mol. The van der Waals surface area contributed by atoms with Crippen molar-refractivity contribution in [3.63, 3.8) is 0 Å². The number of carbonyl (C=O) groups is 1. The quantitative estimate of drug-likeness (QED) is 0.475. The summed E-state index contributed by atoms with van der Waals surface area (Å²) in [6.07, 6.45) is 1.09. The van der Waals surface area contributed by atoms with Crippen molar-refractivity contribution in [3.05, 3.63) is 0 Å². The zero-order chi connectivity index (χ0) is 13.9. The molecule has 0 spiro atoms. The topological polar surface area (TPSA) is 56.8 Å². The van der Waals surface area contributed by atoms with E-state index >= 15 is 0 Å². The van der Waals surface area contributed by atoms with Gasteiger partial charge in [-0.1, -0.05) is 0 Å². The lowest BCUT2D eigenvalue weighted by Crippen LogP contribution is -2.23. The normalized spacial score (nSPS) is 11.6. The van der Waals surface area contributed by atoms with Gasteiger partial charge < -0.3 is 19.5 Å². The Kier molecular flexibility index (Phi) is 9.92. The molecule has 5 heteroatoms. The number of carbonyl (C=O) groups excluding carboxylic acids is 1. The Bertz CT molecular complexity index is 214. The molecule has 0 saturated heterocycles. The van der Waals surface area contributed by atoms with Gasteiger partial charge in [0.05, 0.1) is 19.8 Å². The van der Waals surface area contributed by atoms with Gasteiger partial charge in [-0.25, -0.2) is 0 Å². The van der Waals surface area contributed by atoms with Crippen LogP contribution in [0.1, 0.15) is 33.6 Å². The maximum atomic E-state index is 11.4. The smallest absolute Gasteiger partial charge is 0.306 e. The summed E-state index contributed by atoms with van der Waals surface area (Å²) in [5, 5.41) is 2.99. The summed E-state index contributed by atoms with van der Waals surface area (Å²) >= 11 is 0. The van der Waals surface area contributed by atoms with E-state index in [4.69, 9.17) is 14.2 Å². The molecule has 0 aromatic heterocycles. The number of hydrogen-bond donors (Lipinski definition) is 1. The molecule has 0 atom stereocenters. The van der Waals surface area contributed by atoms with Crippen LogP contribution in [0.25, 0.3) is 0 Å². The maximum Gasteiger partial charge on any atom is 0.306 e. The SMILES string of the molecule is CNCCOCCOCCCC(=O)OC(C)(C)C. The van der Waals surface area contributed by atoms with Crippen LogP contribution >= 0.6 is 0 Å². The third kappa shape index (κ3) is 13.4. The highest BCUT2D eigenvalue weighted by Crippen LogP contribution is 2.08. The van der Waals surface area contributed by atoms with Gasteiger partial charge >= 0.3 is 5.97 Å². The maximum absolute atomic E-state index is 11.4. The van der Waals surface area contributed by atoms with Gasteiger partial charge in [0.15, 0.2) is 0 Å². The van der Waals surface area contributed by atoms with E-state index in [1.807, 2.05) is 27.8 Å². The first-order valence-electron chi connectivity index (χ1n) is 6.47. The molecule has 0 bridgehead atoms. The Morgan fingerprint density at radius 2 is 1.67 bits per heavy atom. The molecular formula is C13H27NO4. The monoisotopic (exact) mass is 261 g/mol. The van der Waals surface area contributed by atoms with Crippen molar-refractivity contribution in [1.29, 1.82) is 0 Å². The van der Waals surface area contributed by atoms with E-state index in [9.17, 15) is 4.79 Å². The van der Waals surface area contributed by atoms with Crippen molar-refractivity contribution in [3.8, 4) is 0 Å². The highest BCUT2D eigenvalue weighted by molar-refractivity contribution is 5.69. The van der Waals surface area contributed by atoms with E-state index in [1.165, 1.54) is 0 Å². The standard InChI is InChI=1S/C13H27NO4/c1-13(2,3)18-12(15)6-5-8-16-10-11-17-9-7-14-4/h14H,5-11H2,1-4H3. The lowest BCUT2D eigenvalue weighted by molar-refractivity contribution is -0.155. The molecule has 0 aliphatic rings. The molecule has 5 nitrogen and oxygen atoms in total. The number of hydrogen-bond acceptors (Lipinski definition) is 5. The van der Waals surface area contributed by atoms with E-state index in [1.54, 1.807) is 0 Å². The number of esters is 1. The van der Waals surface area contributed by atoms with Crippen molar-refractivity contribution in [2.45, 2.75) is 39.2 Å². The second kappa shape index (κ2) is 10.3. The van der Waals surface area contributed by atoms with Crippen LogP contribution in [0.5, 0.6) is 0 Å². The van der Waals surface area contributed by atoms with Crippen molar-refractivity contribution < 1.29 is 19.0 Å². The molecule has 0 heterocycles. The summed E-state index contributed by atoms with van der Waals surface area (Å²) in [5.74, 6) is -0.170. The van der Waals surface area contributed by atoms with Crippen molar-refractivity contribution in [2.24, 2.45) is 0 Å². The van der Waals surface area contributed by atoms with E-state index < -0.39 is 5.60 Å². The Labute approximate surface area is 110 Å². The fraction of sp³-hybridized carbons (Fsp3) is 0.923. The van der Waals surface area contributed by atoms with Gasteiger partial charge in [-0.05, 0) is 34.2 Å². The van der Waals surface area contributed by atoms with Gasteiger partial charge in [0.2, 0.25) is 0 Å². The number of likely N-dealkylation sites (N-methyl/N-ethyl adjacent to an activating group) is 1. The van der Waals surface area contributed by atoms with Gasteiger partial charge in [0.1, 0.15) is 5.60 Å². The summed E-state index contributed by atoms with van der Waals surface area (Å²) in [6, 6.07) is 0. The zero-order valence-electron chi connectivity index (χ0n) is 12.1. The van der Waals surface area contributed by atoms with Crippen LogP contribution in [0, 0.1) is 0 Å². The molecule has 0 rings (SSSR count). The molecule has 0 radical (unpaired) electrons. The largest absolute Gasteiger partial charge is 0.460 e. The molecule has 0 amide bonds. The molecule has 108 valence electrons. The minimum absolute atomic E-state index is 0.170. The molecule has 0 saturated carbocycles. The van der Waals surface area contributed by atoms with Gasteiger partial charge in [0.25, 0.3) is 0 Å². The Morgan fingerprint density at radius 3 is 2.22 bits per heavy atom. The van der Waals surface area contributed by atoms with Crippen LogP contribution in [0.15, 0.2) is 0 Å².